The second-order valence-electron chi connectivity index (χ2n) is 2.97. The van der Waals surface area contributed by atoms with Crippen molar-refractivity contribution in [3.8, 4) is 0 Å². The summed E-state index contributed by atoms with van der Waals surface area (Å²) in [5.74, 6) is -0.683. The first-order valence-corrected chi connectivity index (χ1v) is 5.58. The van der Waals surface area contributed by atoms with Crippen LogP contribution in [0.3, 0.4) is 0 Å². The quantitative estimate of drug-likeness (QED) is 0.555. The fourth-order valence-electron chi connectivity index (χ4n) is 1.39. The maximum Gasteiger partial charge on any atom is 0.226 e. The Bertz CT molecular complexity index is 273. The summed E-state index contributed by atoms with van der Waals surface area (Å²) in [6.07, 6.45) is 1.70. The van der Waals surface area contributed by atoms with E-state index in [-0.39, 0.29) is 5.88 Å². The smallest absolute Gasteiger partial charge is 0.226 e. The molecule has 1 aromatic rings. The minimum Gasteiger partial charge on any atom is -0.344 e. The number of hydrogen-bond donors (Lipinski definition) is 0. The maximum absolute atomic E-state index is 5.93. The third-order valence-electron chi connectivity index (χ3n) is 1.99. The van der Waals surface area contributed by atoms with Gasteiger partial charge < -0.3 is 9.47 Å². The molecule has 0 N–H and O–H groups in total. The average molecular weight is 230 g/mol. The van der Waals surface area contributed by atoms with Gasteiger partial charge in [0.05, 0.1) is 5.88 Å². The molecular formula is C11H16ClNO2. The third kappa shape index (κ3) is 2.91. The highest BCUT2D eigenvalue weighted by atomic mass is 35.5. The summed E-state index contributed by atoms with van der Waals surface area (Å²) < 4.78 is 11.2. The molecule has 4 heteroatoms. The zero-order chi connectivity index (χ0) is 11.1. The van der Waals surface area contributed by atoms with E-state index in [0.29, 0.717) is 18.9 Å². The van der Waals surface area contributed by atoms with E-state index in [4.69, 9.17) is 21.1 Å². The van der Waals surface area contributed by atoms with Crippen LogP contribution in [-0.4, -0.2) is 24.1 Å². The Morgan fingerprint density at radius 3 is 2.33 bits per heavy atom. The van der Waals surface area contributed by atoms with Crippen molar-refractivity contribution in [1.82, 2.24) is 4.98 Å². The van der Waals surface area contributed by atoms with Crippen LogP contribution in [0.25, 0.3) is 0 Å². The molecular weight excluding hydrogens is 214 g/mol. The molecule has 84 valence electrons. The van der Waals surface area contributed by atoms with Crippen LogP contribution in [0.1, 0.15) is 19.5 Å². The Hall–Kier alpha value is -0.640. The van der Waals surface area contributed by atoms with Gasteiger partial charge in [-0.05, 0) is 26.0 Å². The van der Waals surface area contributed by atoms with Crippen LogP contribution in [-0.2, 0) is 15.3 Å². The van der Waals surface area contributed by atoms with Gasteiger partial charge in [0.1, 0.15) is 5.69 Å². The van der Waals surface area contributed by atoms with E-state index >= 15 is 0 Å². The highest BCUT2D eigenvalue weighted by molar-refractivity contribution is 6.18. The number of nitrogens with zero attached hydrogens (tertiary/aromatic N) is 1. The Morgan fingerprint density at radius 1 is 1.27 bits per heavy atom. The van der Waals surface area contributed by atoms with E-state index in [0.717, 1.165) is 0 Å². The SMILES string of the molecule is CCOC(CCl)(OCC)c1ccccn1. The van der Waals surface area contributed by atoms with Crippen LogP contribution in [0.15, 0.2) is 24.4 Å². The largest absolute Gasteiger partial charge is 0.344 e. The van der Waals surface area contributed by atoms with E-state index in [2.05, 4.69) is 4.98 Å². The van der Waals surface area contributed by atoms with E-state index in [1.807, 2.05) is 32.0 Å². The molecule has 0 amide bonds. The summed E-state index contributed by atoms with van der Waals surface area (Å²) >= 11 is 5.93. The number of pyridine rings is 1. The van der Waals surface area contributed by atoms with Gasteiger partial charge in [0.2, 0.25) is 5.79 Å². The number of hydrogen-bond acceptors (Lipinski definition) is 3. The summed E-state index contributed by atoms with van der Waals surface area (Å²) in [4.78, 5) is 4.22. The molecule has 0 aliphatic rings. The van der Waals surface area contributed by atoms with Crippen molar-refractivity contribution in [3.05, 3.63) is 30.1 Å². The Labute approximate surface area is 95.4 Å². The van der Waals surface area contributed by atoms with Gasteiger partial charge in [0, 0.05) is 19.4 Å². The van der Waals surface area contributed by atoms with Gasteiger partial charge in [-0.3, -0.25) is 4.98 Å². The molecule has 3 nitrogen and oxygen atoms in total. The molecule has 0 atom stereocenters. The molecule has 1 aromatic heterocycles. The lowest BCUT2D eigenvalue weighted by Gasteiger charge is -2.30. The molecule has 0 aliphatic carbocycles. The number of rotatable bonds is 6. The summed E-state index contributed by atoms with van der Waals surface area (Å²) in [5, 5.41) is 0. The summed E-state index contributed by atoms with van der Waals surface area (Å²) in [7, 11) is 0. The Kier molecular flexibility index (Phi) is 5.02. The lowest BCUT2D eigenvalue weighted by Crippen LogP contribution is -2.36. The topological polar surface area (TPSA) is 31.4 Å². The molecule has 15 heavy (non-hydrogen) atoms. The fraction of sp³-hybridized carbons (Fsp3) is 0.545. The highest BCUT2D eigenvalue weighted by Gasteiger charge is 2.34. The second kappa shape index (κ2) is 6.05. The van der Waals surface area contributed by atoms with Crippen LogP contribution in [0.5, 0.6) is 0 Å². The van der Waals surface area contributed by atoms with E-state index in [1.165, 1.54) is 0 Å². The predicted octanol–water partition coefficient (Wildman–Crippen LogP) is 2.55. The van der Waals surface area contributed by atoms with Crippen LogP contribution < -0.4 is 0 Å². The maximum atomic E-state index is 5.93. The molecule has 0 aromatic carbocycles. The molecule has 0 saturated carbocycles. The van der Waals surface area contributed by atoms with Crippen molar-refractivity contribution in [1.29, 1.82) is 0 Å². The van der Waals surface area contributed by atoms with Crippen molar-refractivity contribution >= 4 is 11.6 Å². The number of halogens is 1. The van der Waals surface area contributed by atoms with Gasteiger partial charge in [-0.2, -0.15) is 0 Å². The molecule has 0 saturated heterocycles. The van der Waals surface area contributed by atoms with E-state index in [9.17, 15) is 0 Å². The van der Waals surface area contributed by atoms with Crippen LogP contribution in [0, 0.1) is 0 Å². The Balaban J connectivity index is 2.97. The van der Waals surface area contributed by atoms with Crippen molar-refractivity contribution in [2.45, 2.75) is 19.6 Å². The molecule has 0 unspecified atom stereocenters. The third-order valence-corrected chi connectivity index (χ3v) is 2.34. The number of aromatic nitrogens is 1. The minimum atomic E-state index is -0.910. The number of alkyl halides is 1. The number of ether oxygens (including phenoxy) is 2. The molecule has 0 radical (unpaired) electrons. The first-order chi connectivity index (χ1) is 7.29. The van der Waals surface area contributed by atoms with Gasteiger partial charge in [-0.1, -0.05) is 6.07 Å². The first kappa shape index (κ1) is 12.4. The van der Waals surface area contributed by atoms with Gasteiger partial charge >= 0.3 is 0 Å². The van der Waals surface area contributed by atoms with Crippen molar-refractivity contribution < 1.29 is 9.47 Å². The lowest BCUT2D eigenvalue weighted by molar-refractivity contribution is -0.229. The molecule has 0 bridgehead atoms. The fourth-order valence-corrected chi connectivity index (χ4v) is 1.68. The van der Waals surface area contributed by atoms with Gasteiger partial charge in [0.15, 0.2) is 0 Å². The molecule has 1 heterocycles. The zero-order valence-electron chi connectivity index (χ0n) is 9.07. The minimum absolute atomic E-state index is 0.228. The van der Waals surface area contributed by atoms with Crippen molar-refractivity contribution in [3.63, 3.8) is 0 Å². The van der Waals surface area contributed by atoms with Gasteiger partial charge in [-0.25, -0.2) is 0 Å². The lowest BCUT2D eigenvalue weighted by atomic mass is 10.2. The average Bonchev–Trinajstić information content (AvgIpc) is 2.30. The normalized spacial score (nSPS) is 11.7. The molecule has 1 rings (SSSR count). The summed E-state index contributed by atoms with van der Waals surface area (Å²) in [6, 6.07) is 5.59. The zero-order valence-corrected chi connectivity index (χ0v) is 9.83. The van der Waals surface area contributed by atoms with Crippen LogP contribution in [0.4, 0.5) is 0 Å². The second-order valence-corrected chi connectivity index (χ2v) is 3.23. The molecule has 0 fully saturated rings. The van der Waals surface area contributed by atoms with E-state index in [1.54, 1.807) is 6.20 Å². The van der Waals surface area contributed by atoms with Crippen LogP contribution >= 0.6 is 11.6 Å². The molecule has 0 aliphatic heterocycles. The standard InChI is InChI=1S/C11H16ClNO2/c1-3-14-11(9-12,15-4-2)10-7-5-6-8-13-10/h5-8H,3-4,9H2,1-2H3. The van der Waals surface area contributed by atoms with Crippen LogP contribution in [0.2, 0.25) is 0 Å². The highest BCUT2D eigenvalue weighted by Crippen LogP contribution is 2.27. The van der Waals surface area contributed by atoms with Crippen molar-refractivity contribution in [2.75, 3.05) is 19.1 Å². The van der Waals surface area contributed by atoms with Crippen molar-refractivity contribution in [2.24, 2.45) is 0 Å². The van der Waals surface area contributed by atoms with Gasteiger partial charge in [0.25, 0.3) is 0 Å². The first-order valence-electron chi connectivity index (χ1n) is 5.04. The predicted molar refractivity (Wildman–Crippen MR) is 59.9 cm³/mol. The monoisotopic (exact) mass is 229 g/mol. The molecule has 0 spiro atoms. The Morgan fingerprint density at radius 2 is 1.93 bits per heavy atom. The summed E-state index contributed by atoms with van der Waals surface area (Å²) in [5.41, 5.74) is 0.712. The van der Waals surface area contributed by atoms with E-state index < -0.39 is 5.79 Å². The van der Waals surface area contributed by atoms with Gasteiger partial charge in [-0.15, -0.1) is 11.6 Å². The summed E-state index contributed by atoms with van der Waals surface area (Å²) in [6.45, 7) is 4.87.